The monoisotopic (exact) mass is 387 g/mol. The predicted octanol–water partition coefficient (Wildman–Crippen LogP) is 6.08. The summed E-state index contributed by atoms with van der Waals surface area (Å²) in [4.78, 5) is 18.1. The summed E-state index contributed by atoms with van der Waals surface area (Å²) in [5, 5.41) is 3.53. The number of pyridine rings is 1. The van der Waals surface area contributed by atoms with Gasteiger partial charge in [-0.1, -0.05) is 71.1 Å². The number of fused-ring (bicyclic) bond motifs is 1. The molecule has 151 valence electrons. The van der Waals surface area contributed by atoms with Gasteiger partial charge in [0, 0.05) is 41.3 Å². The van der Waals surface area contributed by atoms with E-state index in [0.717, 1.165) is 41.4 Å². The van der Waals surface area contributed by atoms with Crippen LogP contribution in [0, 0.1) is 16.7 Å². The molecule has 0 saturated heterocycles. The Bertz CT molecular complexity index is 937. The maximum Gasteiger partial charge on any atom is 0.161 e. The van der Waals surface area contributed by atoms with Crippen LogP contribution in [0.5, 0.6) is 0 Å². The molecule has 1 aromatic heterocycles. The van der Waals surface area contributed by atoms with Crippen LogP contribution in [0.4, 0.5) is 5.82 Å². The number of allylic oxidation sites excluding steroid dienone is 8. The first kappa shape index (κ1) is 19.9. The molecular weight excluding hydrogens is 356 g/mol. The molecule has 1 radical (unpaired) electrons. The van der Waals surface area contributed by atoms with Crippen molar-refractivity contribution in [3.8, 4) is 0 Å². The van der Waals surface area contributed by atoms with Gasteiger partial charge in [0.25, 0.3) is 0 Å². The van der Waals surface area contributed by atoms with Crippen LogP contribution in [-0.4, -0.2) is 10.8 Å². The van der Waals surface area contributed by atoms with Crippen LogP contribution in [0.15, 0.2) is 60.0 Å². The number of carbonyl (C=O) groups excluding carboxylic acids is 1. The molecule has 2 heterocycles. The van der Waals surface area contributed by atoms with Gasteiger partial charge in [-0.05, 0) is 35.3 Å². The molecule has 3 heteroatoms. The lowest BCUT2D eigenvalue weighted by Crippen LogP contribution is -2.35. The number of nitrogens with zero attached hydrogens (tertiary/aromatic N) is 1. The van der Waals surface area contributed by atoms with Crippen LogP contribution in [0.25, 0.3) is 0 Å². The first-order valence-corrected chi connectivity index (χ1v) is 10.5. The van der Waals surface area contributed by atoms with Gasteiger partial charge in [-0.25, -0.2) is 4.98 Å². The first-order valence-electron chi connectivity index (χ1n) is 10.5. The second-order valence-corrected chi connectivity index (χ2v) is 10.5. The summed E-state index contributed by atoms with van der Waals surface area (Å²) in [6.45, 7) is 11.1. The Morgan fingerprint density at radius 3 is 2.45 bits per heavy atom. The van der Waals surface area contributed by atoms with Crippen molar-refractivity contribution < 1.29 is 4.79 Å². The summed E-state index contributed by atoms with van der Waals surface area (Å²) in [6.07, 6.45) is 16.8. The minimum Gasteiger partial charge on any atom is -0.343 e. The van der Waals surface area contributed by atoms with E-state index in [9.17, 15) is 4.79 Å². The highest BCUT2D eigenvalue weighted by Gasteiger charge is 2.42. The third-order valence-electron chi connectivity index (χ3n) is 5.74. The molecule has 2 aliphatic carbocycles. The molecule has 3 aliphatic rings. The minimum atomic E-state index is -0.0651. The minimum absolute atomic E-state index is 0.0293. The number of Topliss-reactive ketones (excluding diaryl/α,β-unsaturated/α-hetero) is 1. The largest absolute Gasteiger partial charge is 0.343 e. The highest BCUT2D eigenvalue weighted by Crippen LogP contribution is 2.50. The molecule has 4 rings (SSSR count). The van der Waals surface area contributed by atoms with Crippen molar-refractivity contribution in [2.45, 2.75) is 59.8 Å². The molecule has 1 N–H and O–H groups in total. The topological polar surface area (TPSA) is 42.0 Å². The zero-order valence-corrected chi connectivity index (χ0v) is 18.2. The van der Waals surface area contributed by atoms with E-state index in [-0.39, 0.29) is 22.5 Å². The first-order chi connectivity index (χ1) is 13.6. The highest BCUT2D eigenvalue weighted by atomic mass is 16.1. The van der Waals surface area contributed by atoms with Crippen molar-refractivity contribution in [1.29, 1.82) is 0 Å². The van der Waals surface area contributed by atoms with Crippen molar-refractivity contribution in [2.75, 3.05) is 5.32 Å². The molecule has 0 aromatic carbocycles. The maximum atomic E-state index is 13.3. The normalized spacial score (nSPS) is 23.5. The molecule has 0 spiro atoms. The molecule has 1 atom stereocenters. The average Bonchev–Trinajstić information content (AvgIpc) is 2.87. The molecule has 0 bridgehead atoms. The molecule has 1 unspecified atom stereocenters. The van der Waals surface area contributed by atoms with Crippen LogP contribution >= 0.6 is 0 Å². The van der Waals surface area contributed by atoms with Gasteiger partial charge in [0.05, 0.1) is 0 Å². The molecule has 0 saturated carbocycles. The standard InChI is InChI=1S/C26H31N2O/c1-25(2,3)13-17-12-19-22(18-10-8-6-7-9-11-18)23-20(28-24(19)27-16-17)14-26(4,5)15-21(23)29/h6-12,16,22H,13-15H2,1-5H3,(H,27,28). The Balaban J connectivity index is 1.84. The Kier molecular flexibility index (Phi) is 4.88. The van der Waals surface area contributed by atoms with Crippen molar-refractivity contribution in [3.63, 3.8) is 0 Å². The Hall–Kier alpha value is -2.42. The zero-order chi connectivity index (χ0) is 20.8. The smallest absolute Gasteiger partial charge is 0.161 e. The number of ketones is 1. The van der Waals surface area contributed by atoms with Crippen LogP contribution in [-0.2, 0) is 11.2 Å². The highest BCUT2D eigenvalue weighted by molar-refractivity contribution is 6.01. The fourth-order valence-corrected chi connectivity index (χ4v) is 4.70. The van der Waals surface area contributed by atoms with E-state index in [1.165, 1.54) is 5.56 Å². The third-order valence-corrected chi connectivity index (χ3v) is 5.74. The Labute approximate surface area is 174 Å². The second-order valence-electron chi connectivity index (χ2n) is 10.5. The fraction of sp³-hybridized carbons (Fsp3) is 0.423. The van der Waals surface area contributed by atoms with Gasteiger partial charge in [0.15, 0.2) is 5.78 Å². The predicted molar refractivity (Wildman–Crippen MR) is 119 cm³/mol. The van der Waals surface area contributed by atoms with E-state index in [2.05, 4.69) is 70.3 Å². The second kappa shape index (κ2) is 7.12. The lowest BCUT2D eigenvalue weighted by molar-refractivity contribution is -0.118. The molecule has 3 nitrogen and oxygen atoms in total. The number of aromatic nitrogens is 1. The summed E-state index contributed by atoms with van der Waals surface area (Å²) in [7, 11) is 0. The molecule has 29 heavy (non-hydrogen) atoms. The fourth-order valence-electron chi connectivity index (χ4n) is 4.70. The Morgan fingerprint density at radius 2 is 1.79 bits per heavy atom. The number of anilines is 1. The van der Waals surface area contributed by atoms with Gasteiger partial charge in [-0.15, -0.1) is 0 Å². The van der Waals surface area contributed by atoms with E-state index in [4.69, 9.17) is 4.98 Å². The molecular formula is C26H31N2O. The molecule has 1 aliphatic heterocycles. The van der Waals surface area contributed by atoms with Crippen LogP contribution in [0.3, 0.4) is 0 Å². The van der Waals surface area contributed by atoms with E-state index in [1.54, 1.807) is 0 Å². The SMILES string of the molecule is CC(C)(C)Cc1cnc2c(c1)C([C]1C=CC=CC=C1)C1=C(CC(C)(C)CC1=O)N2. The average molecular weight is 388 g/mol. The third kappa shape index (κ3) is 4.14. The summed E-state index contributed by atoms with van der Waals surface area (Å²) < 4.78 is 0. The van der Waals surface area contributed by atoms with Gasteiger partial charge < -0.3 is 5.32 Å². The van der Waals surface area contributed by atoms with E-state index in [1.807, 2.05) is 18.3 Å². The lowest BCUT2D eigenvalue weighted by Gasteiger charge is -2.40. The quantitative estimate of drug-likeness (QED) is 0.669. The van der Waals surface area contributed by atoms with Gasteiger partial charge in [-0.2, -0.15) is 0 Å². The zero-order valence-electron chi connectivity index (χ0n) is 18.2. The molecule has 0 amide bonds. The Morgan fingerprint density at radius 1 is 1.10 bits per heavy atom. The van der Waals surface area contributed by atoms with Gasteiger partial charge in [0.1, 0.15) is 5.82 Å². The van der Waals surface area contributed by atoms with Gasteiger partial charge in [0.2, 0.25) is 0 Å². The van der Waals surface area contributed by atoms with Crippen molar-refractivity contribution in [2.24, 2.45) is 10.8 Å². The van der Waals surface area contributed by atoms with Crippen LogP contribution in [0.2, 0.25) is 0 Å². The lowest BCUT2D eigenvalue weighted by atomic mass is 9.67. The molecule has 1 aromatic rings. The molecule has 0 fully saturated rings. The maximum absolute atomic E-state index is 13.3. The van der Waals surface area contributed by atoms with Crippen molar-refractivity contribution >= 4 is 11.6 Å². The van der Waals surface area contributed by atoms with Crippen molar-refractivity contribution in [1.82, 2.24) is 4.98 Å². The summed E-state index contributed by atoms with van der Waals surface area (Å²) in [5.74, 6) is 2.23. The summed E-state index contributed by atoms with van der Waals surface area (Å²) in [6, 6.07) is 2.26. The van der Waals surface area contributed by atoms with E-state index >= 15 is 0 Å². The number of hydrogen-bond acceptors (Lipinski definition) is 3. The van der Waals surface area contributed by atoms with Crippen LogP contribution in [0.1, 0.15) is 64.5 Å². The number of hydrogen-bond donors (Lipinski definition) is 1. The van der Waals surface area contributed by atoms with Gasteiger partial charge in [-0.3, -0.25) is 4.79 Å². The number of nitrogens with one attached hydrogen (secondary N) is 1. The van der Waals surface area contributed by atoms with Crippen LogP contribution < -0.4 is 5.32 Å². The van der Waals surface area contributed by atoms with E-state index < -0.39 is 0 Å². The van der Waals surface area contributed by atoms with Gasteiger partial charge >= 0.3 is 0 Å². The van der Waals surface area contributed by atoms with Crippen molar-refractivity contribution in [3.05, 3.63) is 77.0 Å². The number of carbonyl (C=O) groups is 1. The number of rotatable bonds is 2. The summed E-state index contributed by atoms with van der Waals surface area (Å²) in [5.41, 5.74) is 4.46. The van der Waals surface area contributed by atoms with E-state index in [0.29, 0.717) is 6.42 Å². The summed E-state index contributed by atoms with van der Waals surface area (Å²) >= 11 is 0.